The van der Waals surface area contributed by atoms with E-state index in [1.54, 1.807) is 12.4 Å². The first-order valence-corrected chi connectivity index (χ1v) is 5.79. The minimum atomic E-state index is -0.0568. The summed E-state index contributed by atoms with van der Waals surface area (Å²) < 4.78 is 0. The van der Waals surface area contributed by atoms with Crippen LogP contribution >= 0.6 is 0 Å². The lowest BCUT2D eigenvalue weighted by atomic mass is 10.2. The molecule has 3 N–H and O–H groups in total. The summed E-state index contributed by atoms with van der Waals surface area (Å²) in [6.07, 6.45) is 3.54. The summed E-state index contributed by atoms with van der Waals surface area (Å²) >= 11 is 0. The summed E-state index contributed by atoms with van der Waals surface area (Å²) in [5.41, 5.74) is 1.98. The number of aromatic amines is 1. The van der Waals surface area contributed by atoms with E-state index in [1.807, 2.05) is 24.3 Å². The fourth-order valence-electron chi connectivity index (χ4n) is 1.63. The zero-order valence-electron chi connectivity index (χ0n) is 10.2. The van der Waals surface area contributed by atoms with Crippen LogP contribution in [0.25, 0.3) is 0 Å². The molecule has 5 heteroatoms. The first-order valence-electron chi connectivity index (χ1n) is 5.79. The van der Waals surface area contributed by atoms with E-state index in [2.05, 4.69) is 20.6 Å². The van der Waals surface area contributed by atoms with Crippen molar-refractivity contribution in [2.24, 2.45) is 0 Å². The van der Waals surface area contributed by atoms with Crippen molar-refractivity contribution in [1.29, 1.82) is 0 Å². The first-order chi connectivity index (χ1) is 8.74. The number of benzene rings is 1. The van der Waals surface area contributed by atoms with E-state index < -0.39 is 0 Å². The molecular formula is C13H16N4O. The Balaban J connectivity index is 1.81. The third-order valence-corrected chi connectivity index (χ3v) is 2.45. The van der Waals surface area contributed by atoms with Crippen LogP contribution in [0.3, 0.4) is 0 Å². The molecule has 2 rings (SSSR count). The van der Waals surface area contributed by atoms with Crippen molar-refractivity contribution < 1.29 is 4.79 Å². The third kappa shape index (κ3) is 3.71. The molecule has 0 atom stereocenters. The number of H-pyrrole nitrogens is 1. The molecule has 0 aliphatic rings. The molecule has 1 heterocycles. The number of aromatic nitrogens is 2. The molecule has 0 bridgehead atoms. The van der Waals surface area contributed by atoms with E-state index in [9.17, 15) is 4.79 Å². The van der Waals surface area contributed by atoms with Crippen molar-refractivity contribution in [2.45, 2.75) is 20.0 Å². The Morgan fingerprint density at radius 2 is 2.06 bits per heavy atom. The molecule has 0 unspecified atom stereocenters. The number of amides is 1. The van der Waals surface area contributed by atoms with Crippen LogP contribution in [0.5, 0.6) is 0 Å². The van der Waals surface area contributed by atoms with Gasteiger partial charge in [0.15, 0.2) is 0 Å². The molecule has 0 aliphatic heterocycles. The normalized spacial score (nSPS) is 10.3. The molecule has 0 spiro atoms. The van der Waals surface area contributed by atoms with Crippen molar-refractivity contribution in [2.75, 3.05) is 5.32 Å². The summed E-state index contributed by atoms with van der Waals surface area (Å²) in [7, 11) is 0. The number of hydrogen-bond donors (Lipinski definition) is 3. The monoisotopic (exact) mass is 244 g/mol. The van der Waals surface area contributed by atoms with Gasteiger partial charge in [0.2, 0.25) is 5.91 Å². The van der Waals surface area contributed by atoms with E-state index in [4.69, 9.17) is 0 Å². The number of anilines is 1. The van der Waals surface area contributed by atoms with Gasteiger partial charge in [-0.25, -0.2) is 4.98 Å². The molecule has 94 valence electrons. The van der Waals surface area contributed by atoms with Crippen LogP contribution in [0.2, 0.25) is 0 Å². The summed E-state index contributed by atoms with van der Waals surface area (Å²) in [6, 6.07) is 7.76. The molecular weight excluding hydrogens is 228 g/mol. The molecule has 1 aromatic heterocycles. The Morgan fingerprint density at radius 1 is 1.28 bits per heavy atom. The second-order valence-electron chi connectivity index (χ2n) is 4.02. The molecule has 0 radical (unpaired) electrons. The summed E-state index contributed by atoms with van der Waals surface area (Å²) in [6.45, 7) is 2.97. The Bertz CT molecular complexity index is 490. The Morgan fingerprint density at radius 3 is 2.67 bits per heavy atom. The van der Waals surface area contributed by atoms with Crippen LogP contribution in [0.15, 0.2) is 36.7 Å². The standard InChI is InChI=1S/C13H16N4O/c1-10(18)17-12-4-2-11(3-5-12)8-14-9-13-15-6-7-16-13/h2-7,14H,8-9H2,1H3,(H,15,16)(H,17,18). The molecule has 18 heavy (non-hydrogen) atoms. The van der Waals surface area contributed by atoms with Gasteiger partial charge in [-0.3, -0.25) is 4.79 Å². The third-order valence-electron chi connectivity index (χ3n) is 2.45. The van der Waals surface area contributed by atoms with Gasteiger partial charge in [0.1, 0.15) is 5.82 Å². The SMILES string of the molecule is CC(=O)Nc1ccc(CNCc2ncc[nH]2)cc1. The molecule has 0 aliphatic carbocycles. The first kappa shape index (κ1) is 12.3. The largest absolute Gasteiger partial charge is 0.348 e. The fourth-order valence-corrected chi connectivity index (χ4v) is 1.63. The predicted molar refractivity (Wildman–Crippen MR) is 69.9 cm³/mol. The van der Waals surface area contributed by atoms with Crippen molar-refractivity contribution in [3.63, 3.8) is 0 Å². The zero-order chi connectivity index (χ0) is 12.8. The van der Waals surface area contributed by atoms with Gasteiger partial charge in [0.05, 0.1) is 6.54 Å². The van der Waals surface area contributed by atoms with E-state index in [0.29, 0.717) is 6.54 Å². The number of nitrogens with zero attached hydrogens (tertiary/aromatic N) is 1. The molecule has 2 aromatic rings. The highest BCUT2D eigenvalue weighted by molar-refractivity contribution is 5.88. The Kier molecular flexibility index (Phi) is 4.09. The smallest absolute Gasteiger partial charge is 0.221 e. The quantitative estimate of drug-likeness (QED) is 0.749. The second-order valence-corrected chi connectivity index (χ2v) is 4.02. The summed E-state index contributed by atoms with van der Waals surface area (Å²) in [5.74, 6) is 0.864. The van der Waals surface area contributed by atoms with Crippen molar-refractivity contribution in [3.8, 4) is 0 Å². The minimum Gasteiger partial charge on any atom is -0.348 e. The highest BCUT2D eigenvalue weighted by Crippen LogP contribution is 2.09. The van der Waals surface area contributed by atoms with Gasteiger partial charge in [-0.1, -0.05) is 12.1 Å². The lowest BCUT2D eigenvalue weighted by Gasteiger charge is -2.05. The maximum absolute atomic E-state index is 10.9. The van der Waals surface area contributed by atoms with Gasteiger partial charge < -0.3 is 15.6 Å². The molecule has 1 aromatic carbocycles. The average Bonchev–Trinajstić information content (AvgIpc) is 2.84. The van der Waals surface area contributed by atoms with Crippen LogP contribution in [0, 0.1) is 0 Å². The number of hydrogen-bond acceptors (Lipinski definition) is 3. The van der Waals surface area contributed by atoms with E-state index in [1.165, 1.54) is 6.92 Å². The van der Waals surface area contributed by atoms with Gasteiger partial charge in [0.25, 0.3) is 0 Å². The van der Waals surface area contributed by atoms with E-state index in [-0.39, 0.29) is 5.91 Å². The summed E-state index contributed by atoms with van der Waals surface area (Å²) in [5, 5.41) is 6.02. The zero-order valence-corrected chi connectivity index (χ0v) is 10.2. The van der Waals surface area contributed by atoms with Crippen molar-refractivity contribution >= 4 is 11.6 Å². The van der Waals surface area contributed by atoms with Gasteiger partial charge >= 0.3 is 0 Å². The minimum absolute atomic E-state index is 0.0568. The number of imidazole rings is 1. The second kappa shape index (κ2) is 5.97. The predicted octanol–water partition coefficient (Wildman–Crippen LogP) is 1.66. The van der Waals surface area contributed by atoms with Crippen LogP contribution < -0.4 is 10.6 Å². The topological polar surface area (TPSA) is 69.8 Å². The lowest BCUT2D eigenvalue weighted by molar-refractivity contribution is -0.114. The maximum atomic E-state index is 10.9. The molecule has 0 saturated carbocycles. The highest BCUT2D eigenvalue weighted by Gasteiger charge is 1.97. The van der Waals surface area contributed by atoms with E-state index >= 15 is 0 Å². The van der Waals surface area contributed by atoms with Crippen LogP contribution in [0.4, 0.5) is 5.69 Å². The fraction of sp³-hybridized carbons (Fsp3) is 0.231. The van der Waals surface area contributed by atoms with Crippen molar-refractivity contribution in [1.82, 2.24) is 15.3 Å². The number of carbonyl (C=O) groups excluding carboxylic acids is 1. The van der Waals surface area contributed by atoms with E-state index in [0.717, 1.165) is 23.6 Å². The van der Waals surface area contributed by atoms with Crippen LogP contribution in [0.1, 0.15) is 18.3 Å². The average molecular weight is 244 g/mol. The van der Waals surface area contributed by atoms with Gasteiger partial charge in [-0.15, -0.1) is 0 Å². The number of nitrogens with one attached hydrogen (secondary N) is 3. The van der Waals surface area contributed by atoms with Gasteiger partial charge in [-0.05, 0) is 17.7 Å². The Labute approximate surface area is 106 Å². The van der Waals surface area contributed by atoms with Crippen molar-refractivity contribution in [3.05, 3.63) is 48.0 Å². The molecule has 0 saturated heterocycles. The number of rotatable bonds is 5. The van der Waals surface area contributed by atoms with Gasteiger partial charge in [-0.2, -0.15) is 0 Å². The highest BCUT2D eigenvalue weighted by atomic mass is 16.1. The maximum Gasteiger partial charge on any atom is 0.221 e. The van der Waals surface area contributed by atoms with Crippen LogP contribution in [-0.2, 0) is 17.9 Å². The summed E-state index contributed by atoms with van der Waals surface area (Å²) in [4.78, 5) is 18.0. The number of carbonyl (C=O) groups is 1. The van der Waals surface area contributed by atoms with Crippen LogP contribution in [-0.4, -0.2) is 15.9 Å². The molecule has 0 fully saturated rings. The molecule has 1 amide bonds. The Hall–Kier alpha value is -2.14. The molecule has 5 nitrogen and oxygen atoms in total. The lowest BCUT2D eigenvalue weighted by Crippen LogP contribution is -2.13. The van der Waals surface area contributed by atoms with Gasteiger partial charge in [0, 0.05) is 31.5 Å².